The molecule has 1 fully saturated rings. The third-order valence-corrected chi connectivity index (χ3v) is 4.77. The third kappa shape index (κ3) is 4.00. The second-order valence-electron chi connectivity index (χ2n) is 6.57. The summed E-state index contributed by atoms with van der Waals surface area (Å²) in [5.41, 5.74) is 2.56. The van der Waals surface area contributed by atoms with Crippen molar-refractivity contribution in [3.05, 3.63) is 72.2 Å². The molecule has 138 valence electrons. The lowest BCUT2D eigenvalue weighted by Gasteiger charge is -2.36. The van der Waals surface area contributed by atoms with Crippen LogP contribution in [0.4, 0.5) is 10.1 Å². The highest BCUT2D eigenvalue weighted by Crippen LogP contribution is 2.21. The van der Waals surface area contributed by atoms with Crippen molar-refractivity contribution in [3.8, 4) is 11.3 Å². The van der Waals surface area contributed by atoms with Crippen LogP contribution in [-0.4, -0.2) is 42.1 Å². The Morgan fingerprint density at radius 2 is 1.70 bits per heavy atom. The van der Waals surface area contributed by atoms with E-state index in [-0.39, 0.29) is 18.1 Å². The number of benzene rings is 2. The molecule has 6 heteroatoms. The van der Waals surface area contributed by atoms with Crippen LogP contribution in [0.15, 0.2) is 65.2 Å². The maximum Gasteiger partial charge on any atom is 0.228 e. The number of aromatic nitrogens is 1. The zero-order valence-corrected chi connectivity index (χ0v) is 14.8. The molecule has 0 unspecified atom stereocenters. The first kappa shape index (κ1) is 17.3. The van der Waals surface area contributed by atoms with E-state index in [1.165, 1.54) is 12.1 Å². The number of halogens is 1. The zero-order valence-electron chi connectivity index (χ0n) is 14.8. The summed E-state index contributed by atoms with van der Waals surface area (Å²) in [6, 6.07) is 18.0. The molecule has 0 bridgehead atoms. The molecule has 1 aliphatic rings. The molecule has 0 spiro atoms. The van der Waals surface area contributed by atoms with Crippen LogP contribution < -0.4 is 4.90 Å². The third-order valence-electron chi connectivity index (χ3n) is 4.77. The van der Waals surface area contributed by atoms with Crippen LogP contribution >= 0.6 is 0 Å². The zero-order chi connectivity index (χ0) is 18.6. The van der Waals surface area contributed by atoms with Gasteiger partial charge in [-0.1, -0.05) is 35.5 Å². The summed E-state index contributed by atoms with van der Waals surface area (Å²) in [5, 5.41) is 4.03. The molecule has 1 aromatic heterocycles. The molecular weight excluding hydrogens is 345 g/mol. The Labute approximate surface area is 157 Å². The normalized spacial score (nSPS) is 14.4. The Bertz CT molecular complexity index is 901. The van der Waals surface area contributed by atoms with Crippen LogP contribution in [0.25, 0.3) is 11.3 Å². The van der Waals surface area contributed by atoms with Crippen molar-refractivity contribution in [1.82, 2.24) is 10.1 Å². The first-order chi connectivity index (χ1) is 13.2. The molecule has 0 atom stereocenters. The number of carbonyl (C=O) groups is 1. The standard InChI is InChI=1S/C21H20FN3O2/c22-17-6-8-19(9-7-17)24-10-12-25(13-11-24)21(26)15-18-14-20(27-23-18)16-4-2-1-3-5-16/h1-9,14H,10-13,15H2. The molecule has 5 nitrogen and oxygen atoms in total. The van der Waals surface area contributed by atoms with Gasteiger partial charge >= 0.3 is 0 Å². The smallest absolute Gasteiger partial charge is 0.228 e. The van der Waals surface area contributed by atoms with Crippen molar-refractivity contribution in [3.63, 3.8) is 0 Å². The summed E-state index contributed by atoms with van der Waals surface area (Å²) in [4.78, 5) is 16.6. The largest absolute Gasteiger partial charge is 0.368 e. The number of hydrogen-bond donors (Lipinski definition) is 0. The second-order valence-corrected chi connectivity index (χ2v) is 6.57. The average molecular weight is 365 g/mol. The summed E-state index contributed by atoms with van der Waals surface area (Å²) >= 11 is 0. The summed E-state index contributed by atoms with van der Waals surface area (Å²) < 4.78 is 18.4. The van der Waals surface area contributed by atoms with E-state index in [0.717, 1.165) is 24.3 Å². The molecule has 0 saturated carbocycles. The van der Waals surface area contributed by atoms with E-state index in [0.29, 0.717) is 24.5 Å². The second kappa shape index (κ2) is 7.61. The fraction of sp³-hybridized carbons (Fsp3) is 0.238. The number of rotatable bonds is 4. The van der Waals surface area contributed by atoms with Crippen LogP contribution in [-0.2, 0) is 11.2 Å². The molecule has 4 rings (SSSR count). The maximum atomic E-state index is 13.1. The molecule has 1 aliphatic heterocycles. The fourth-order valence-electron chi connectivity index (χ4n) is 3.27. The van der Waals surface area contributed by atoms with Gasteiger partial charge in [0, 0.05) is 43.5 Å². The van der Waals surface area contributed by atoms with Crippen molar-refractivity contribution in [2.75, 3.05) is 31.1 Å². The first-order valence-electron chi connectivity index (χ1n) is 8.98. The molecule has 27 heavy (non-hydrogen) atoms. The lowest BCUT2D eigenvalue weighted by Crippen LogP contribution is -2.49. The summed E-state index contributed by atoms with van der Waals surface area (Å²) in [6.07, 6.45) is 0.229. The molecule has 0 radical (unpaired) electrons. The number of amides is 1. The summed E-state index contributed by atoms with van der Waals surface area (Å²) in [5.74, 6) is 0.469. The van der Waals surface area contributed by atoms with Gasteiger partial charge in [0.1, 0.15) is 5.82 Å². The predicted molar refractivity (Wildman–Crippen MR) is 101 cm³/mol. The monoisotopic (exact) mass is 365 g/mol. The van der Waals surface area contributed by atoms with Gasteiger partial charge in [-0.05, 0) is 24.3 Å². The van der Waals surface area contributed by atoms with Crippen LogP contribution in [0.3, 0.4) is 0 Å². The van der Waals surface area contributed by atoms with Crippen molar-refractivity contribution in [1.29, 1.82) is 0 Å². The van der Waals surface area contributed by atoms with Crippen LogP contribution in [0, 0.1) is 5.82 Å². The van der Waals surface area contributed by atoms with Crippen LogP contribution in [0.5, 0.6) is 0 Å². The van der Waals surface area contributed by atoms with Gasteiger partial charge in [-0.15, -0.1) is 0 Å². The van der Waals surface area contributed by atoms with Gasteiger partial charge in [0.05, 0.1) is 12.1 Å². The van der Waals surface area contributed by atoms with Crippen molar-refractivity contribution >= 4 is 11.6 Å². The lowest BCUT2D eigenvalue weighted by molar-refractivity contribution is -0.130. The highest BCUT2D eigenvalue weighted by Gasteiger charge is 2.22. The Balaban J connectivity index is 1.33. The number of hydrogen-bond acceptors (Lipinski definition) is 4. The van der Waals surface area contributed by atoms with Crippen LogP contribution in [0.1, 0.15) is 5.69 Å². The minimum absolute atomic E-state index is 0.0432. The van der Waals surface area contributed by atoms with Crippen LogP contribution in [0.2, 0.25) is 0 Å². The number of piperazine rings is 1. The van der Waals surface area contributed by atoms with Crippen molar-refractivity contribution in [2.45, 2.75) is 6.42 Å². The molecule has 3 aromatic rings. The molecule has 0 aliphatic carbocycles. The topological polar surface area (TPSA) is 49.6 Å². The SMILES string of the molecule is O=C(Cc1cc(-c2ccccc2)on1)N1CCN(c2ccc(F)cc2)CC1. The van der Waals surface area contributed by atoms with Gasteiger partial charge in [0.25, 0.3) is 0 Å². The van der Waals surface area contributed by atoms with E-state index in [4.69, 9.17) is 4.52 Å². The van der Waals surface area contributed by atoms with Gasteiger partial charge in [-0.2, -0.15) is 0 Å². The van der Waals surface area contributed by atoms with E-state index in [1.54, 1.807) is 12.1 Å². The molecule has 0 N–H and O–H groups in total. The van der Waals surface area contributed by atoms with Gasteiger partial charge in [0.15, 0.2) is 5.76 Å². The van der Waals surface area contributed by atoms with E-state index in [9.17, 15) is 9.18 Å². The molecule has 2 heterocycles. The number of nitrogens with zero attached hydrogens (tertiary/aromatic N) is 3. The van der Waals surface area contributed by atoms with Gasteiger partial charge in [-0.25, -0.2) is 4.39 Å². The van der Waals surface area contributed by atoms with Crippen molar-refractivity contribution < 1.29 is 13.7 Å². The Hall–Kier alpha value is -3.15. The molecule has 1 saturated heterocycles. The first-order valence-corrected chi connectivity index (χ1v) is 8.98. The summed E-state index contributed by atoms with van der Waals surface area (Å²) in [6.45, 7) is 2.73. The summed E-state index contributed by atoms with van der Waals surface area (Å²) in [7, 11) is 0. The number of anilines is 1. The minimum Gasteiger partial charge on any atom is -0.368 e. The molecule has 1 amide bonds. The predicted octanol–water partition coefficient (Wildman–Crippen LogP) is 3.37. The Kier molecular flexibility index (Phi) is 4.87. The van der Waals surface area contributed by atoms with E-state index in [2.05, 4.69) is 10.1 Å². The minimum atomic E-state index is -0.241. The fourth-order valence-corrected chi connectivity index (χ4v) is 3.27. The van der Waals surface area contributed by atoms with Crippen molar-refractivity contribution in [2.24, 2.45) is 0 Å². The lowest BCUT2D eigenvalue weighted by atomic mass is 10.1. The molecular formula is C21H20FN3O2. The van der Waals surface area contributed by atoms with E-state index >= 15 is 0 Å². The Morgan fingerprint density at radius 1 is 1.00 bits per heavy atom. The Morgan fingerprint density at radius 3 is 2.41 bits per heavy atom. The average Bonchev–Trinajstić information content (AvgIpc) is 3.18. The van der Waals surface area contributed by atoms with Gasteiger partial charge in [-0.3, -0.25) is 4.79 Å². The molecule has 2 aromatic carbocycles. The van der Waals surface area contributed by atoms with Gasteiger partial charge < -0.3 is 14.3 Å². The number of carbonyl (C=O) groups excluding carboxylic acids is 1. The maximum absolute atomic E-state index is 13.1. The van der Waals surface area contributed by atoms with Gasteiger partial charge in [0.2, 0.25) is 5.91 Å². The van der Waals surface area contributed by atoms with E-state index < -0.39 is 0 Å². The van der Waals surface area contributed by atoms with E-state index in [1.807, 2.05) is 41.3 Å². The highest BCUT2D eigenvalue weighted by molar-refractivity contribution is 5.79. The highest BCUT2D eigenvalue weighted by atomic mass is 19.1. The quantitative estimate of drug-likeness (QED) is 0.711.